The van der Waals surface area contributed by atoms with Gasteiger partial charge in [0, 0.05) is 35.4 Å². The molecule has 1 heterocycles. The first-order valence-electron chi connectivity index (χ1n) is 10.1. The van der Waals surface area contributed by atoms with Gasteiger partial charge in [0.25, 0.3) is 0 Å². The molecule has 0 aliphatic carbocycles. The van der Waals surface area contributed by atoms with Crippen LogP contribution >= 0.6 is 7.37 Å². The van der Waals surface area contributed by atoms with E-state index in [4.69, 9.17) is 9.63 Å². The van der Waals surface area contributed by atoms with Gasteiger partial charge in [-0.1, -0.05) is 30.3 Å². The molecule has 1 unspecified atom stereocenters. The second-order valence-electron chi connectivity index (χ2n) is 7.74. The van der Waals surface area contributed by atoms with Crippen LogP contribution in [0.1, 0.15) is 32.0 Å². The van der Waals surface area contributed by atoms with Crippen LogP contribution < -0.4 is 0 Å². The van der Waals surface area contributed by atoms with Crippen molar-refractivity contribution in [3.8, 4) is 11.1 Å². The van der Waals surface area contributed by atoms with Crippen LogP contribution in [-0.2, 0) is 18.7 Å². The smallest absolute Gasteiger partial charge is 0.310 e. The summed E-state index contributed by atoms with van der Waals surface area (Å²) in [6, 6.07) is 14.0. The number of rotatable bonds is 9. The van der Waals surface area contributed by atoms with Crippen LogP contribution in [0, 0.1) is 5.82 Å². The van der Waals surface area contributed by atoms with Gasteiger partial charge in [-0.05, 0) is 43.7 Å². The Morgan fingerprint density at radius 2 is 1.81 bits per heavy atom. The number of halogens is 1. The van der Waals surface area contributed by atoms with E-state index in [-0.39, 0.29) is 11.9 Å². The number of carboxylic acid groups (broad SMARTS) is 1. The maximum absolute atomic E-state index is 13.6. The third-order valence-corrected chi connectivity index (χ3v) is 7.13. The number of aliphatic carboxylic acids is 1. The third-order valence-electron chi connectivity index (χ3n) is 5.11. The lowest BCUT2D eigenvalue weighted by atomic mass is 10.0. The minimum Gasteiger partial charge on any atom is -0.481 e. The fourth-order valence-electron chi connectivity index (χ4n) is 3.76. The number of carbonyl (C=O) groups excluding carboxylic acids is 1. The number of nitrogens with zero attached hydrogens (tertiary/aromatic N) is 1. The molecule has 0 aliphatic heterocycles. The van der Waals surface area contributed by atoms with E-state index in [2.05, 4.69) is 4.57 Å². The molecule has 2 aromatic carbocycles. The van der Waals surface area contributed by atoms with Gasteiger partial charge in [0.2, 0.25) is 7.37 Å². The quantitative estimate of drug-likeness (QED) is 0.316. The minimum atomic E-state index is -3.56. The maximum Gasteiger partial charge on any atom is 0.310 e. The Bertz CT molecular complexity index is 1230. The van der Waals surface area contributed by atoms with E-state index >= 15 is 0 Å². The zero-order valence-corrected chi connectivity index (χ0v) is 19.0. The summed E-state index contributed by atoms with van der Waals surface area (Å²) in [5.74, 6) is -0.942. The molecule has 1 N–H and O–H groups in total. The van der Waals surface area contributed by atoms with E-state index in [1.807, 2.05) is 38.1 Å². The van der Waals surface area contributed by atoms with E-state index < -0.39 is 31.7 Å². The first kappa shape index (κ1) is 23.6. The van der Waals surface area contributed by atoms with Gasteiger partial charge in [-0.15, -0.1) is 0 Å². The van der Waals surface area contributed by atoms with Crippen molar-refractivity contribution in [2.24, 2.45) is 0 Å². The van der Waals surface area contributed by atoms with Gasteiger partial charge >= 0.3 is 5.97 Å². The molecular weight excluding hydrogens is 432 g/mol. The summed E-state index contributed by atoms with van der Waals surface area (Å²) in [5.41, 5.74) is 3.31. The molecule has 0 saturated heterocycles. The van der Waals surface area contributed by atoms with Crippen molar-refractivity contribution < 1.29 is 28.2 Å². The summed E-state index contributed by atoms with van der Waals surface area (Å²) >= 11 is 0. The zero-order chi connectivity index (χ0) is 23.5. The molecule has 0 saturated carbocycles. The van der Waals surface area contributed by atoms with Crippen LogP contribution in [-0.4, -0.2) is 34.7 Å². The van der Waals surface area contributed by atoms with Crippen LogP contribution in [0.3, 0.4) is 0 Å². The number of Topliss-reactive ketones (excluding diaryl/α,β-unsaturated/α-hetero) is 1. The summed E-state index contributed by atoms with van der Waals surface area (Å²) in [6.07, 6.45) is 0.436. The molecule has 168 valence electrons. The highest BCUT2D eigenvalue weighted by Crippen LogP contribution is 2.49. The van der Waals surface area contributed by atoms with Gasteiger partial charge in [-0.3, -0.25) is 14.2 Å². The topological polar surface area (TPSA) is 85.6 Å². The monoisotopic (exact) mass is 457 g/mol. The van der Waals surface area contributed by atoms with E-state index in [1.165, 1.54) is 25.1 Å². The number of benzene rings is 2. The van der Waals surface area contributed by atoms with Crippen molar-refractivity contribution in [3.05, 3.63) is 65.9 Å². The van der Waals surface area contributed by atoms with E-state index in [9.17, 15) is 18.5 Å². The molecule has 3 rings (SSSR count). The molecule has 0 fully saturated rings. The second kappa shape index (κ2) is 9.63. The molecule has 0 amide bonds. The van der Waals surface area contributed by atoms with Crippen LogP contribution in [0.25, 0.3) is 28.1 Å². The zero-order valence-electron chi connectivity index (χ0n) is 18.1. The third kappa shape index (κ3) is 5.06. The Hall–Kier alpha value is -3.02. The molecule has 1 aromatic heterocycles. The van der Waals surface area contributed by atoms with Gasteiger partial charge in [0.05, 0.1) is 11.9 Å². The Morgan fingerprint density at radius 1 is 1.16 bits per heavy atom. The maximum atomic E-state index is 13.6. The fourth-order valence-corrected chi connectivity index (χ4v) is 5.08. The van der Waals surface area contributed by atoms with Crippen LogP contribution in [0.2, 0.25) is 0 Å². The molecule has 0 radical (unpaired) electrons. The lowest BCUT2D eigenvalue weighted by molar-refractivity contribution is -0.139. The largest absolute Gasteiger partial charge is 0.481 e. The molecular formula is C24H25FNO5P. The van der Waals surface area contributed by atoms with Crippen LogP contribution in [0.15, 0.2) is 54.3 Å². The molecule has 1 atom stereocenters. The number of fused-ring (bicyclic) bond motifs is 1. The van der Waals surface area contributed by atoms with Crippen LogP contribution in [0.5, 0.6) is 0 Å². The van der Waals surface area contributed by atoms with Crippen molar-refractivity contribution in [2.45, 2.75) is 26.3 Å². The highest BCUT2D eigenvalue weighted by Gasteiger charge is 2.25. The van der Waals surface area contributed by atoms with Gasteiger partial charge in [-0.2, -0.15) is 0 Å². The predicted octanol–water partition coefficient (Wildman–Crippen LogP) is 5.97. The summed E-state index contributed by atoms with van der Waals surface area (Å²) in [6.45, 7) is 4.04. The van der Waals surface area contributed by atoms with Gasteiger partial charge in [0.1, 0.15) is 12.2 Å². The van der Waals surface area contributed by atoms with E-state index in [1.54, 1.807) is 18.2 Å². The Labute approximate surface area is 185 Å². The van der Waals surface area contributed by atoms with Crippen molar-refractivity contribution >= 4 is 36.1 Å². The van der Waals surface area contributed by atoms with Gasteiger partial charge < -0.3 is 14.2 Å². The van der Waals surface area contributed by atoms with E-state index in [0.29, 0.717) is 0 Å². The number of ketones is 1. The van der Waals surface area contributed by atoms with Crippen molar-refractivity contribution in [2.75, 3.05) is 13.3 Å². The molecule has 0 spiro atoms. The fraction of sp³-hybridized carbons (Fsp3) is 0.250. The number of para-hydroxylation sites is 1. The average molecular weight is 457 g/mol. The van der Waals surface area contributed by atoms with Gasteiger partial charge in [0.15, 0.2) is 5.78 Å². The molecule has 6 nitrogen and oxygen atoms in total. The van der Waals surface area contributed by atoms with Crippen LogP contribution in [0.4, 0.5) is 4.39 Å². The Morgan fingerprint density at radius 3 is 2.41 bits per heavy atom. The normalized spacial score (nSPS) is 13.7. The molecule has 3 aromatic rings. The second-order valence-corrected chi connectivity index (χ2v) is 10.2. The van der Waals surface area contributed by atoms with Crippen molar-refractivity contribution in [3.63, 3.8) is 0 Å². The first-order chi connectivity index (χ1) is 15.1. The average Bonchev–Trinajstić information content (AvgIpc) is 3.06. The van der Waals surface area contributed by atoms with Crippen molar-refractivity contribution in [1.29, 1.82) is 0 Å². The minimum absolute atomic E-state index is 0.0457. The summed E-state index contributed by atoms with van der Waals surface area (Å²) in [5, 5.41) is 9.77. The standard InChI is InChI=1S/C24H25FNO5P/c1-16(2)26-21-7-5-4-6-20(21)24(17-8-10-18(25)11-9-17)22(26)12-13-32(30,31-3)15-19(27)14-23(28)29/h4-13,16H,14-15H2,1-3H3,(H,28,29)/b13-12+. The number of aromatic nitrogens is 1. The molecule has 0 bridgehead atoms. The lowest BCUT2D eigenvalue weighted by Crippen LogP contribution is -2.11. The summed E-state index contributed by atoms with van der Waals surface area (Å²) in [4.78, 5) is 22.8. The number of hydrogen-bond acceptors (Lipinski definition) is 4. The highest BCUT2D eigenvalue weighted by molar-refractivity contribution is 7.63. The Balaban J connectivity index is 2.18. The molecule has 8 heteroatoms. The van der Waals surface area contributed by atoms with Crippen molar-refractivity contribution in [1.82, 2.24) is 4.57 Å². The summed E-state index contributed by atoms with van der Waals surface area (Å²) < 4.78 is 33.9. The molecule has 0 aliphatic rings. The van der Waals surface area contributed by atoms with E-state index in [0.717, 1.165) is 27.7 Å². The predicted molar refractivity (Wildman–Crippen MR) is 123 cm³/mol. The first-order valence-corrected chi connectivity index (χ1v) is 12.0. The Kier molecular flexibility index (Phi) is 7.12. The number of hydrogen-bond donors (Lipinski definition) is 1. The molecule has 32 heavy (non-hydrogen) atoms. The SMILES string of the molecule is COP(=O)(/C=C/c1c(-c2ccc(F)cc2)c2ccccc2n1C(C)C)CC(=O)CC(=O)O. The number of carboxylic acids is 1. The highest BCUT2D eigenvalue weighted by atomic mass is 31.2. The lowest BCUT2D eigenvalue weighted by Gasteiger charge is -2.15. The summed E-state index contributed by atoms with van der Waals surface area (Å²) in [7, 11) is -2.32. The van der Waals surface area contributed by atoms with Gasteiger partial charge in [-0.25, -0.2) is 4.39 Å². The number of carbonyl (C=O) groups is 2.